The van der Waals surface area contributed by atoms with E-state index >= 15 is 0 Å². The lowest BCUT2D eigenvalue weighted by Crippen LogP contribution is -2.24. The van der Waals surface area contributed by atoms with Gasteiger partial charge in [0.1, 0.15) is 16.1 Å². The fourth-order valence-corrected chi connectivity index (χ4v) is 3.69. The largest absolute Gasteiger partial charge is 0.494 e. The van der Waals surface area contributed by atoms with Gasteiger partial charge in [0, 0.05) is 17.2 Å². The first-order valence-corrected chi connectivity index (χ1v) is 9.88. The number of benzene rings is 1. The molecule has 0 aliphatic carbocycles. The molecule has 0 amide bonds. The molecule has 0 atom stereocenters. The van der Waals surface area contributed by atoms with Gasteiger partial charge >= 0.3 is 11.7 Å². The van der Waals surface area contributed by atoms with Gasteiger partial charge in [0.25, 0.3) is 5.56 Å². The van der Waals surface area contributed by atoms with E-state index in [2.05, 4.69) is 9.98 Å². The van der Waals surface area contributed by atoms with Gasteiger partial charge in [-0.2, -0.15) is 0 Å². The summed E-state index contributed by atoms with van der Waals surface area (Å²) in [5, 5.41) is 11.8. The molecule has 0 radical (unpaired) electrons. The van der Waals surface area contributed by atoms with Crippen molar-refractivity contribution < 1.29 is 24.1 Å². The minimum absolute atomic E-state index is 0.156. The standard InChI is InChI=1S/C20H19N3O7S/c1-4-30-19(26)15-12(10-5-6-13(28-2)14(7-10)29-3)9-31-18(15)21-8-11-16(24)22-20(27)23-17(11)25/h5-9H,4H2,1-3H3,(H3,22,23,24,25,27). The van der Waals surface area contributed by atoms with Crippen LogP contribution < -0.4 is 20.7 Å². The van der Waals surface area contributed by atoms with Crippen LogP contribution in [0, 0.1) is 0 Å². The van der Waals surface area contributed by atoms with Crippen molar-refractivity contribution in [3.05, 3.63) is 55.5 Å². The molecular formula is C20H19N3O7S. The summed E-state index contributed by atoms with van der Waals surface area (Å²) in [6.45, 7) is 1.84. The Labute approximate surface area is 179 Å². The molecule has 10 nitrogen and oxygen atoms in total. The summed E-state index contributed by atoms with van der Waals surface area (Å²) in [7, 11) is 3.03. The fourth-order valence-electron chi connectivity index (χ4n) is 2.79. The van der Waals surface area contributed by atoms with Crippen LogP contribution in [0.3, 0.4) is 0 Å². The van der Waals surface area contributed by atoms with E-state index < -0.39 is 23.1 Å². The molecule has 162 valence electrons. The number of thiophene rings is 1. The molecule has 1 aromatic carbocycles. The summed E-state index contributed by atoms with van der Waals surface area (Å²) in [4.78, 5) is 44.1. The van der Waals surface area contributed by atoms with E-state index in [4.69, 9.17) is 14.2 Å². The predicted molar refractivity (Wildman–Crippen MR) is 115 cm³/mol. The zero-order valence-corrected chi connectivity index (χ0v) is 17.7. The normalized spacial score (nSPS) is 10.9. The number of aromatic hydroxyl groups is 1. The summed E-state index contributed by atoms with van der Waals surface area (Å²) in [6, 6.07) is 5.19. The highest BCUT2D eigenvalue weighted by Crippen LogP contribution is 2.40. The Kier molecular flexibility index (Phi) is 6.55. The molecule has 2 aromatic heterocycles. The lowest BCUT2D eigenvalue weighted by Gasteiger charge is -2.10. The number of aromatic amines is 2. The molecule has 3 aromatic rings. The van der Waals surface area contributed by atoms with Crippen LogP contribution in [0.4, 0.5) is 5.00 Å². The van der Waals surface area contributed by atoms with E-state index in [0.29, 0.717) is 22.6 Å². The molecule has 0 spiro atoms. The maximum atomic E-state index is 12.7. The minimum Gasteiger partial charge on any atom is -0.494 e. The van der Waals surface area contributed by atoms with Crippen molar-refractivity contribution >= 4 is 28.5 Å². The fraction of sp³-hybridized carbons (Fsp3) is 0.200. The monoisotopic (exact) mass is 445 g/mol. The van der Waals surface area contributed by atoms with Crippen molar-refractivity contribution in [2.24, 2.45) is 4.99 Å². The number of ether oxygens (including phenoxy) is 3. The third-order valence-corrected chi connectivity index (χ3v) is 5.10. The molecule has 11 heteroatoms. The number of nitrogens with zero attached hydrogens (tertiary/aromatic N) is 1. The summed E-state index contributed by atoms with van der Waals surface area (Å²) in [6.07, 6.45) is 1.07. The van der Waals surface area contributed by atoms with Crippen molar-refractivity contribution in [3.63, 3.8) is 0 Å². The zero-order chi connectivity index (χ0) is 22.5. The van der Waals surface area contributed by atoms with E-state index in [9.17, 15) is 19.5 Å². The molecule has 31 heavy (non-hydrogen) atoms. The number of carbonyl (C=O) groups excluding carboxylic acids is 1. The summed E-state index contributed by atoms with van der Waals surface area (Å²) in [5.74, 6) is -0.215. The van der Waals surface area contributed by atoms with Crippen molar-refractivity contribution in [1.29, 1.82) is 0 Å². The third-order valence-electron chi connectivity index (χ3n) is 4.22. The molecule has 0 aliphatic rings. The summed E-state index contributed by atoms with van der Waals surface area (Å²) < 4.78 is 15.8. The van der Waals surface area contributed by atoms with Gasteiger partial charge in [0.15, 0.2) is 11.5 Å². The SMILES string of the molecule is CCOC(=O)c1c(-c2ccc(OC)c(OC)c2)csc1N=Cc1c(O)[nH]c(=O)[nH]c1=O. The number of aromatic nitrogens is 2. The van der Waals surface area contributed by atoms with Crippen LogP contribution in [-0.2, 0) is 4.74 Å². The maximum Gasteiger partial charge on any atom is 0.341 e. The first kappa shape index (κ1) is 21.8. The van der Waals surface area contributed by atoms with Crippen LogP contribution in [0.15, 0.2) is 38.2 Å². The van der Waals surface area contributed by atoms with Gasteiger partial charge in [-0.25, -0.2) is 14.6 Å². The number of H-pyrrole nitrogens is 2. The van der Waals surface area contributed by atoms with Gasteiger partial charge < -0.3 is 19.3 Å². The Morgan fingerprint density at radius 2 is 1.94 bits per heavy atom. The topological polar surface area (TPSA) is 143 Å². The highest BCUT2D eigenvalue weighted by molar-refractivity contribution is 7.14. The lowest BCUT2D eigenvalue weighted by molar-refractivity contribution is 0.0529. The molecule has 0 fully saturated rings. The number of nitrogens with one attached hydrogen (secondary N) is 2. The lowest BCUT2D eigenvalue weighted by atomic mass is 10.0. The zero-order valence-electron chi connectivity index (χ0n) is 16.8. The van der Waals surface area contributed by atoms with Crippen LogP contribution in [-0.4, -0.2) is 48.1 Å². The second-order valence-electron chi connectivity index (χ2n) is 6.05. The van der Waals surface area contributed by atoms with Gasteiger partial charge in [-0.1, -0.05) is 6.07 Å². The van der Waals surface area contributed by atoms with E-state index in [1.165, 1.54) is 14.2 Å². The maximum absolute atomic E-state index is 12.7. The molecule has 3 rings (SSSR count). The van der Waals surface area contributed by atoms with E-state index in [1.54, 1.807) is 30.5 Å². The van der Waals surface area contributed by atoms with Gasteiger partial charge in [0.05, 0.1) is 20.8 Å². The smallest absolute Gasteiger partial charge is 0.341 e. The molecule has 0 saturated heterocycles. The number of esters is 1. The summed E-state index contributed by atoms with van der Waals surface area (Å²) in [5.41, 5.74) is -0.511. The minimum atomic E-state index is -0.848. The van der Waals surface area contributed by atoms with Gasteiger partial charge in [-0.3, -0.25) is 14.8 Å². The second-order valence-corrected chi connectivity index (χ2v) is 6.91. The summed E-state index contributed by atoms with van der Waals surface area (Å²) >= 11 is 1.15. The van der Waals surface area contributed by atoms with E-state index in [-0.39, 0.29) is 22.7 Å². The first-order chi connectivity index (χ1) is 14.9. The van der Waals surface area contributed by atoms with E-state index in [0.717, 1.165) is 17.6 Å². The number of carbonyl (C=O) groups is 1. The second kappa shape index (κ2) is 9.30. The highest BCUT2D eigenvalue weighted by atomic mass is 32.1. The van der Waals surface area contributed by atoms with Crippen molar-refractivity contribution in [2.45, 2.75) is 6.92 Å². The van der Waals surface area contributed by atoms with Crippen molar-refractivity contribution in [1.82, 2.24) is 9.97 Å². The Balaban J connectivity index is 2.11. The average Bonchev–Trinajstić information content (AvgIpc) is 3.16. The van der Waals surface area contributed by atoms with Gasteiger partial charge in [-0.05, 0) is 24.6 Å². The van der Waals surface area contributed by atoms with Gasteiger partial charge in [-0.15, -0.1) is 11.3 Å². The molecular weight excluding hydrogens is 426 g/mol. The van der Waals surface area contributed by atoms with Crippen LogP contribution in [0.2, 0.25) is 0 Å². The Morgan fingerprint density at radius 1 is 1.19 bits per heavy atom. The molecule has 0 saturated carbocycles. The highest BCUT2D eigenvalue weighted by Gasteiger charge is 2.22. The third kappa shape index (κ3) is 4.51. The van der Waals surface area contributed by atoms with Crippen LogP contribution in [0.1, 0.15) is 22.8 Å². The van der Waals surface area contributed by atoms with Gasteiger partial charge in [0.2, 0.25) is 5.88 Å². The molecule has 0 unspecified atom stereocenters. The quantitative estimate of drug-likeness (QED) is 0.374. The Bertz CT molecular complexity index is 1260. The number of hydrogen-bond donors (Lipinski definition) is 3. The van der Waals surface area contributed by atoms with Crippen LogP contribution in [0.25, 0.3) is 11.1 Å². The predicted octanol–water partition coefficient (Wildman–Crippen LogP) is 2.44. The van der Waals surface area contributed by atoms with Crippen LogP contribution >= 0.6 is 11.3 Å². The van der Waals surface area contributed by atoms with Crippen LogP contribution in [0.5, 0.6) is 17.4 Å². The molecule has 0 aliphatic heterocycles. The van der Waals surface area contributed by atoms with Crippen molar-refractivity contribution in [2.75, 3.05) is 20.8 Å². The molecule has 3 N–H and O–H groups in total. The average molecular weight is 445 g/mol. The molecule has 0 bridgehead atoms. The van der Waals surface area contributed by atoms with Crippen molar-refractivity contribution in [3.8, 4) is 28.5 Å². The Hall–Kier alpha value is -3.86. The Morgan fingerprint density at radius 3 is 2.58 bits per heavy atom. The first-order valence-electron chi connectivity index (χ1n) is 9.00. The molecule has 2 heterocycles. The number of hydrogen-bond acceptors (Lipinski definition) is 9. The number of methoxy groups -OCH3 is 2. The number of rotatable bonds is 7. The van der Waals surface area contributed by atoms with E-state index in [1.807, 2.05) is 4.98 Å². The number of aliphatic imine (C=N–C) groups is 1.